The number of hydrogen-bond donors (Lipinski definition) is 2. The molecule has 2 aromatic heterocycles. The summed E-state index contributed by atoms with van der Waals surface area (Å²) in [7, 11) is -3.58. The Balaban J connectivity index is 1.67. The minimum Gasteiger partial charge on any atom is -0.366 e. The van der Waals surface area contributed by atoms with Gasteiger partial charge in [0.1, 0.15) is 10.0 Å². The molecule has 0 bridgehead atoms. The Hall–Kier alpha value is -1.67. The SMILES string of the molecule is Cc1ccc(S(=O)(=O)Nc2ccc(NC3CCCC3)nn2)s1. The molecule has 2 heterocycles. The van der Waals surface area contributed by atoms with Crippen LogP contribution < -0.4 is 10.0 Å². The Morgan fingerprint density at radius 3 is 2.36 bits per heavy atom. The van der Waals surface area contributed by atoms with Crippen LogP contribution in [0.2, 0.25) is 0 Å². The van der Waals surface area contributed by atoms with E-state index in [4.69, 9.17) is 0 Å². The van der Waals surface area contributed by atoms with E-state index < -0.39 is 10.0 Å². The molecule has 0 aromatic carbocycles. The predicted octanol–water partition coefficient (Wildman–Crippen LogP) is 3.00. The lowest BCUT2D eigenvalue weighted by molar-refractivity contribution is 0.603. The second-order valence-electron chi connectivity index (χ2n) is 5.40. The van der Waals surface area contributed by atoms with Crippen LogP contribution in [0.5, 0.6) is 0 Å². The second kappa shape index (κ2) is 6.21. The standard InChI is InChI=1S/C14H18N4O2S2/c1-10-6-9-14(21-10)22(19,20)18-13-8-7-12(16-17-13)15-11-4-2-3-5-11/h6-9,11H,2-5H2,1H3,(H,15,16)(H,17,18). The van der Waals surface area contributed by atoms with Crippen LogP contribution in [0.3, 0.4) is 0 Å². The summed E-state index contributed by atoms with van der Waals surface area (Å²) < 4.78 is 27.1. The lowest BCUT2D eigenvalue weighted by atomic mass is 10.2. The lowest BCUT2D eigenvalue weighted by Gasteiger charge is -2.12. The van der Waals surface area contributed by atoms with Crippen molar-refractivity contribution in [1.82, 2.24) is 10.2 Å². The molecule has 6 nitrogen and oxygen atoms in total. The van der Waals surface area contributed by atoms with Crippen LogP contribution in [0, 0.1) is 6.92 Å². The molecule has 0 saturated heterocycles. The van der Waals surface area contributed by atoms with Crippen LogP contribution in [0.1, 0.15) is 30.6 Å². The van der Waals surface area contributed by atoms with Gasteiger partial charge in [0.15, 0.2) is 5.82 Å². The molecule has 0 aliphatic heterocycles. The van der Waals surface area contributed by atoms with Gasteiger partial charge in [-0.3, -0.25) is 4.72 Å². The third-order valence-electron chi connectivity index (χ3n) is 3.59. The van der Waals surface area contributed by atoms with Gasteiger partial charge in [0, 0.05) is 10.9 Å². The monoisotopic (exact) mass is 338 g/mol. The van der Waals surface area contributed by atoms with Crippen LogP contribution >= 0.6 is 11.3 Å². The number of anilines is 2. The maximum absolute atomic E-state index is 12.2. The summed E-state index contributed by atoms with van der Waals surface area (Å²) in [5.41, 5.74) is 0. The molecule has 0 spiro atoms. The third-order valence-corrected chi connectivity index (χ3v) is 6.44. The molecule has 22 heavy (non-hydrogen) atoms. The van der Waals surface area contributed by atoms with Crippen LogP contribution in [0.25, 0.3) is 0 Å². The molecule has 1 aliphatic rings. The quantitative estimate of drug-likeness (QED) is 0.875. The smallest absolute Gasteiger partial charge is 0.272 e. The molecule has 118 valence electrons. The summed E-state index contributed by atoms with van der Waals surface area (Å²) in [6, 6.07) is 7.20. The van der Waals surface area contributed by atoms with Crippen molar-refractivity contribution in [1.29, 1.82) is 0 Å². The van der Waals surface area contributed by atoms with Crippen molar-refractivity contribution in [2.45, 2.75) is 42.9 Å². The number of nitrogens with one attached hydrogen (secondary N) is 2. The summed E-state index contributed by atoms with van der Waals surface area (Å²) in [6.07, 6.45) is 4.77. The van der Waals surface area contributed by atoms with Crippen LogP contribution in [0.4, 0.5) is 11.6 Å². The van der Waals surface area contributed by atoms with Gasteiger partial charge in [-0.1, -0.05) is 12.8 Å². The van der Waals surface area contributed by atoms with Gasteiger partial charge in [0.05, 0.1) is 0 Å². The molecule has 3 rings (SSSR count). The highest BCUT2D eigenvalue weighted by atomic mass is 32.2. The van der Waals surface area contributed by atoms with Crippen molar-refractivity contribution in [3.63, 3.8) is 0 Å². The van der Waals surface area contributed by atoms with Gasteiger partial charge in [0.2, 0.25) is 0 Å². The summed E-state index contributed by atoms with van der Waals surface area (Å²) in [5, 5.41) is 11.3. The van der Waals surface area contributed by atoms with E-state index in [2.05, 4.69) is 20.2 Å². The van der Waals surface area contributed by atoms with Crippen molar-refractivity contribution in [3.05, 3.63) is 29.1 Å². The van der Waals surface area contributed by atoms with Gasteiger partial charge in [-0.2, -0.15) is 0 Å². The van der Waals surface area contributed by atoms with E-state index in [1.165, 1.54) is 24.2 Å². The van der Waals surface area contributed by atoms with Gasteiger partial charge in [-0.25, -0.2) is 8.42 Å². The highest BCUT2D eigenvalue weighted by Gasteiger charge is 2.18. The fraction of sp³-hybridized carbons (Fsp3) is 0.429. The van der Waals surface area contributed by atoms with Crippen LogP contribution in [-0.4, -0.2) is 24.7 Å². The van der Waals surface area contributed by atoms with Crippen LogP contribution in [-0.2, 0) is 10.0 Å². The van der Waals surface area contributed by atoms with Gasteiger partial charge in [-0.05, 0) is 44.0 Å². The number of sulfonamides is 1. The van der Waals surface area contributed by atoms with Gasteiger partial charge < -0.3 is 5.32 Å². The zero-order chi connectivity index (χ0) is 15.6. The van der Waals surface area contributed by atoms with E-state index in [1.54, 1.807) is 24.3 Å². The fourth-order valence-electron chi connectivity index (χ4n) is 2.49. The van der Waals surface area contributed by atoms with Gasteiger partial charge >= 0.3 is 0 Å². The van der Waals surface area contributed by atoms with Gasteiger partial charge in [-0.15, -0.1) is 21.5 Å². The molecule has 0 atom stereocenters. The molecule has 2 aromatic rings. The summed E-state index contributed by atoms with van der Waals surface area (Å²) in [6.45, 7) is 1.87. The van der Waals surface area contributed by atoms with Crippen molar-refractivity contribution >= 4 is 33.0 Å². The molecular formula is C14H18N4O2S2. The third kappa shape index (κ3) is 3.56. The zero-order valence-electron chi connectivity index (χ0n) is 12.2. The molecule has 1 saturated carbocycles. The summed E-state index contributed by atoms with van der Waals surface area (Å²) in [5.74, 6) is 0.907. The first-order chi connectivity index (χ1) is 10.5. The maximum Gasteiger partial charge on any atom is 0.272 e. The van der Waals surface area contributed by atoms with E-state index in [9.17, 15) is 8.42 Å². The molecule has 1 aliphatic carbocycles. The molecule has 8 heteroatoms. The molecule has 1 fully saturated rings. The van der Waals surface area contributed by atoms with E-state index in [0.29, 0.717) is 11.9 Å². The highest BCUT2D eigenvalue weighted by molar-refractivity contribution is 7.94. The Labute approximate surface area is 134 Å². The number of thiophene rings is 1. The summed E-state index contributed by atoms with van der Waals surface area (Å²) in [4.78, 5) is 0.947. The Morgan fingerprint density at radius 2 is 1.77 bits per heavy atom. The van der Waals surface area contributed by atoms with Crippen molar-refractivity contribution in [2.24, 2.45) is 0 Å². The highest BCUT2D eigenvalue weighted by Crippen LogP contribution is 2.24. The first kappa shape index (κ1) is 15.2. The number of rotatable bonds is 5. The average Bonchev–Trinajstić information content (AvgIpc) is 3.12. The van der Waals surface area contributed by atoms with Crippen LogP contribution in [0.15, 0.2) is 28.5 Å². The summed E-state index contributed by atoms with van der Waals surface area (Å²) >= 11 is 1.23. The topological polar surface area (TPSA) is 84.0 Å². The number of aromatic nitrogens is 2. The number of hydrogen-bond acceptors (Lipinski definition) is 6. The first-order valence-electron chi connectivity index (χ1n) is 7.22. The van der Waals surface area contributed by atoms with Crippen molar-refractivity contribution < 1.29 is 8.42 Å². The maximum atomic E-state index is 12.2. The van der Waals surface area contributed by atoms with E-state index >= 15 is 0 Å². The largest absolute Gasteiger partial charge is 0.366 e. The van der Waals surface area contributed by atoms with Crippen molar-refractivity contribution in [2.75, 3.05) is 10.0 Å². The average molecular weight is 338 g/mol. The zero-order valence-corrected chi connectivity index (χ0v) is 13.9. The lowest BCUT2D eigenvalue weighted by Crippen LogP contribution is -2.17. The molecule has 0 amide bonds. The molecule has 0 unspecified atom stereocenters. The normalized spacial score (nSPS) is 15.9. The fourth-order valence-corrected chi connectivity index (χ4v) is 4.77. The Bertz CT molecular complexity index is 734. The Kier molecular flexibility index (Phi) is 4.30. The number of aryl methyl sites for hydroxylation is 1. The molecular weight excluding hydrogens is 320 g/mol. The van der Waals surface area contributed by atoms with E-state index in [0.717, 1.165) is 17.7 Å². The van der Waals surface area contributed by atoms with E-state index in [1.807, 2.05) is 6.92 Å². The minimum atomic E-state index is -3.58. The predicted molar refractivity (Wildman–Crippen MR) is 87.8 cm³/mol. The first-order valence-corrected chi connectivity index (χ1v) is 9.52. The molecule has 2 N–H and O–H groups in total. The van der Waals surface area contributed by atoms with E-state index in [-0.39, 0.29) is 10.0 Å². The minimum absolute atomic E-state index is 0.225. The number of nitrogens with zero attached hydrogens (tertiary/aromatic N) is 2. The molecule has 0 radical (unpaired) electrons. The Morgan fingerprint density at radius 1 is 1.09 bits per heavy atom. The second-order valence-corrected chi connectivity index (χ2v) is 8.60. The van der Waals surface area contributed by atoms with Gasteiger partial charge in [0.25, 0.3) is 10.0 Å². The van der Waals surface area contributed by atoms with Crippen molar-refractivity contribution in [3.8, 4) is 0 Å².